The number of para-hydroxylation sites is 1. The number of nitrogens with zero attached hydrogens (tertiary/aromatic N) is 2. The number of rotatable bonds is 6. The standard InChI is InChI=1S/C20H19N3O4/c1-25-17-11-19(27-3)18(26-2)10-14(17)12-21-23-20(24)16-9-8-13-6-4-5-7-15(13)22-16/h4-12H,1-3H3,(H,23,24)/b21-12+. The number of carbonyl (C=O) groups is 1. The number of pyridine rings is 1. The minimum Gasteiger partial charge on any atom is -0.496 e. The third-order valence-corrected chi connectivity index (χ3v) is 3.94. The molecule has 27 heavy (non-hydrogen) atoms. The van der Waals surface area contributed by atoms with Crippen molar-refractivity contribution >= 4 is 23.0 Å². The highest BCUT2D eigenvalue weighted by Crippen LogP contribution is 2.33. The lowest BCUT2D eigenvalue weighted by atomic mass is 10.2. The van der Waals surface area contributed by atoms with Gasteiger partial charge in [-0.1, -0.05) is 24.3 Å². The summed E-state index contributed by atoms with van der Waals surface area (Å²) in [7, 11) is 4.62. The Hall–Kier alpha value is -3.61. The van der Waals surface area contributed by atoms with Crippen molar-refractivity contribution in [1.29, 1.82) is 0 Å². The average Bonchev–Trinajstić information content (AvgIpc) is 2.72. The Morgan fingerprint density at radius 2 is 1.67 bits per heavy atom. The lowest BCUT2D eigenvalue weighted by Gasteiger charge is -2.11. The minimum absolute atomic E-state index is 0.283. The van der Waals surface area contributed by atoms with Gasteiger partial charge in [-0.05, 0) is 18.2 Å². The van der Waals surface area contributed by atoms with E-state index in [2.05, 4.69) is 15.5 Å². The first-order valence-electron chi connectivity index (χ1n) is 8.15. The lowest BCUT2D eigenvalue weighted by Crippen LogP contribution is -2.19. The molecule has 3 rings (SSSR count). The zero-order chi connectivity index (χ0) is 19.2. The van der Waals surface area contributed by atoms with Gasteiger partial charge in [0.25, 0.3) is 5.91 Å². The van der Waals surface area contributed by atoms with Crippen LogP contribution in [0.25, 0.3) is 10.9 Å². The number of nitrogens with one attached hydrogen (secondary N) is 1. The number of methoxy groups -OCH3 is 3. The van der Waals surface area contributed by atoms with E-state index in [-0.39, 0.29) is 5.69 Å². The van der Waals surface area contributed by atoms with Crippen molar-refractivity contribution in [1.82, 2.24) is 10.4 Å². The number of aromatic nitrogens is 1. The summed E-state index contributed by atoms with van der Waals surface area (Å²) in [5.74, 6) is 1.20. The third-order valence-electron chi connectivity index (χ3n) is 3.94. The van der Waals surface area contributed by atoms with Crippen molar-refractivity contribution in [3.8, 4) is 17.2 Å². The fourth-order valence-electron chi connectivity index (χ4n) is 2.56. The molecule has 1 amide bonds. The van der Waals surface area contributed by atoms with Crippen molar-refractivity contribution < 1.29 is 19.0 Å². The molecule has 1 heterocycles. The first kappa shape index (κ1) is 18.2. The van der Waals surface area contributed by atoms with Crippen LogP contribution in [0.5, 0.6) is 17.2 Å². The smallest absolute Gasteiger partial charge is 0.289 e. The number of ether oxygens (including phenoxy) is 3. The Labute approximate surface area is 156 Å². The van der Waals surface area contributed by atoms with Crippen molar-refractivity contribution in [3.63, 3.8) is 0 Å². The fraction of sp³-hybridized carbons (Fsp3) is 0.150. The van der Waals surface area contributed by atoms with E-state index in [1.54, 1.807) is 32.4 Å². The van der Waals surface area contributed by atoms with Crippen LogP contribution in [0.4, 0.5) is 0 Å². The van der Waals surface area contributed by atoms with Crippen LogP contribution in [0.1, 0.15) is 16.1 Å². The van der Waals surface area contributed by atoms with Gasteiger partial charge in [0.1, 0.15) is 11.4 Å². The van der Waals surface area contributed by atoms with Crippen LogP contribution < -0.4 is 19.6 Å². The van der Waals surface area contributed by atoms with E-state index in [0.29, 0.717) is 22.8 Å². The lowest BCUT2D eigenvalue weighted by molar-refractivity contribution is 0.0950. The van der Waals surface area contributed by atoms with Gasteiger partial charge >= 0.3 is 0 Å². The summed E-state index contributed by atoms with van der Waals surface area (Å²) in [4.78, 5) is 16.6. The molecule has 7 heteroatoms. The summed E-state index contributed by atoms with van der Waals surface area (Å²) < 4.78 is 15.8. The molecule has 0 spiro atoms. The van der Waals surface area contributed by atoms with E-state index in [1.807, 2.05) is 30.3 Å². The van der Waals surface area contributed by atoms with Crippen molar-refractivity contribution in [2.75, 3.05) is 21.3 Å². The van der Waals surface area contributed by atoms with Gasteiger partial charge in [0.2, 0.25) is 0 Å². The van der Waals surface area contributed by atoms with E-state index in [9.17, 15) is 4.79 Å². The van der Waals surface area contributed by atoms with E-state index in [1.165, 1.54) is 13.3 Å². The van der Waals surface area contributed by atoms with Gasteiger partial charge < -0.3 is 14.2 Å². The molecule has 0 fully saturated rings. The number of hydrazone groups is 1. The number of fused-ring (bicyclic) bond motifs is 1. The molecule has 0 saturated heterocycles. The third kappa shape index (κ3) is 3.98. The van der Waals surface area contributed by atoms with Crippen LogP contribution in [-0.4, -0.2) is 38.4 Å². The summed E-state index contributed by atoms with van der Waals surface area (Å²) in [5.41, 5.74) is 4.13. The van der Waals surface area contributed by atoms with E-state index in [0.717, 1.165) is 10.9 Å². The number of carbonyl (C=O) groups excluding carboxylic acids is 1. The maximum absolute atomic E-state index is 12.3. The van der Waals surface area contributed by atoms with Crippen LogP contribution >= 0.6 is 0 Å². The maximum atomic E-state index is 12.3. The molecule has 0 aliphatic carbocycles. The first-order chi connectivity index (χ1) is 13.2. The van der Waals surface area contributed by atoms with Crippen molar-refractivity contribution in [3.05, 3.63) is 59.8 Å². The summed E-state index contributed by atoms with van der Waals surface area (Å²) >= 11 is 0. The molecule has 0 aliphatic rings. The van der Waals surface area contributed by atoms with Crippen LogP contribution in [0.2, 0.25) is 0 Å². The molecule has 2 aromatic carbocycles. The molecule has 7 nitrogen and oxygen atoms in total. The Morgan fingerprint density at radius 1 is 0.963 bits per heavy atom. The number of hydrogen-bond donors (Lipinski definition) is 1. The average molecular weight is 365 g/mol. The summed E-state index contributed by atoms with van der Waals surface area (Å²) in [5, 5.41) is 4.96. The van der Waals surface area contributed by atoms with E-state index >= 15 is 0 Å². The van der Waals surface area contributed by atoms with Gasteiger partial charge in [-0.3, -0.25) is 4.79 Å². The maximum Gasteiger partial charge on any atom is 0.289 e. The van der Waals surface area contributed by atoms with Gasteiger partial charge in [-0.2, -0.15) is 5.10 Å². The second-order valence-electron chi connectivity index (χ2n) is 5.54. The number of benzene rings is 2. The van der Waals surface area contributed by atoms with Gasteiger partial charge in [0.05, 0.1) is 33.1 Å². The van der Waals surface area contributed by atoms with Crippen molar-refractivity contribution in [2.24, 2.45) is 5.10 Å². The molecule has 0 atom stereocenters. The fourth-order valence-corrected chi connectivity index (χ4v) is 2.56. The molecule has 0 aliphatic heterocycles. The van der Waals surface area contributed by atoms with Crippen LogP contribution in [-0.2, 0) is 0 Å². The molecule has 0 saturated carbocycles. The SMILES string of the molecule is COc1cc(OC)c(OC)cc1/C=N/NC(=O)c1ccc2ccccc2n1. The Morgan fingerprint density at radius 3 is 2.41 bits per heavy atom. The molecule has 0 unspecified atom stereocenters. The summed E-state index contributed by atoms with van der Waals surface area (Å²) in [6.07, 6.45) is 1.47. The molecule has 3 aromatic rings. The van der Waals surface area contributed by atoms with Gasteiger partial charge in [-0.15, -0.1) is 0 Å². The van der Waals surface area contributed by atoms with Gasteiger partial charge in [0, 0.05) is 17.0 Å². The summed E-state index contributed by atoms with van der Waals surface area (Å²) in [6.45, 7) is 0. The molecule has 0 bridgehead atoms. The van der Waals surface area contributed by atoms with E-state index in [4.69, 9.17) is 14.2 Å². The predicted molar refractivity (Wildman–Crippen MR) is 103 cm³/mol. The largest absolute Gasteiger partial charge is 0.496 e. The Bertz CT molecular complexity index is 1000. The zero-order valence-electron chi connectivity index (χ0n) is 15.2. The quantitative estimate of drug-likeness (QED) is 0.536. The summed E-state index contributed by atoms with van der Waals surface area (Å²) in [6, 6.07) is 14.5. The van der Waals surface area contributed by atoms with Crippen molar-refractivity contribution in [2.45, 2.75) is 0 Å². The first-order valence-corrected chi connectivity index (χ1v) is 8.15. The van der Waals surface area contributed by atoms with Gasteiger partial charge in [0.15, 0.2) is 11.5 Å². The molecular weight excluding hydrogens is 346 g/mol. The highest BCUT2D eigenvalue weighted by Gasteiger charge is 2.11. The second kappa shape index (κ2) is 8.18. The molecular formula is C20H19N3O4. The normalized spacial score (nSPS) is 10.8. The number of hydrogen-bond acceptors (Lipinski definition) is 6. The Kier molecular flexibility index (Phi) is 5.51. The van der Waals surface area contributed by atoms with Gasteiger partial charge in [-0.25, -0.2) is 10.4 Å². The molecule has 1 N–H and O–H groups in total. The molecule has 0 radical (unpaired) electrons. The second-order valence-corrected chi connectivity index (χ2v) is 5.54. The van der Waals surface area contributed by atoms with Crippen LogP contribution in [0.15, 0.2) is 53.6 Å². The highest BCUT2D eigenvalue weighted by atomic mass is 16.5. The highest BCUT2D eigenvalue weighted by molar-refractivity contribution is 5.95. The molecule has 1 aromatic heterocycles. The molecule has 138 valence electrons. The topological polar surface area (TPSA) is 82.0 Å². The monoisotopic (exact) mass is 365 g/mol. The predicted octanol–water partition coefficient (Wildman–Crippen LogP) is 3.02. The van der Waals surface area contributed by atoms with Crippen LogP contribution in [0, 0.1) is 0 Å². The minimum atomic E-state index is -0.406. The Balaban J connectivity index is 1.78. The number of amides is 1. The van der Waals surface area contributed by atoms with E-state index < -0.39 is 5.91 Å². The van der Waals surface area contributed by atoms with Crippen LogP contribution in [0.3, 0.4) is 0 Å². The zero-order valence-corrected chi connectivity index (χ0v) is 15.2.